The SMILES string of the molecule is C=C/C(=C\C)N1C(=O)c2ccc(Oc3ccc(C(=O)O)cc3)cc2C1=O. The molecule has 2 aromatic rings. The molecule has 1 aliphatic rings. The van der Waals surface area contributed by atoms with E-state index < -0.39 is 17.8 Å². The summed E-state index contributed by atoms with van der Waals surface area (Å²) in [7, 11) is 0. The molecule has 2 amide bonds. The van der Waals surface area contributed by atoms with E-state index >= 15 is 0 Å². The third kappa shape index (κ3) is 2.88. The summed E-state index contributed by atoms with van der Waals surface area (Å²) in [4.78, 5) is 37.0. The van der Waals surface area contributed by atoms with Crippen LogP contribution in [0, 0.1) is 0 Å². The highest BCUT2D eigenvalue weighted by Gasteiger charge is 2.37. The van der Waals surface area contributed by atoms with E-state index in [0.717, 1.165) is 4.90 Å². The smallest absolute Gasteiger partial charge is 0.335 e. The molecule has 6 nitrogen and oxygen atoms in total. The van der Waals surface area contributed by atoms with E-state index in [2.05, 4.69) is 6.58 Å². The molecule has 0 aliphatic carbocycles. The molecule has 1 N–H and O–H groups in total. The normalized spacial score (nSPS) is 13.6. The summed E-state index contributed by atoms with van der Waals surface area (Å²) in [6.45, 7) is 5.34. The standard InChI is InChI=1S/C20H15NO5/c1-3-13(4-2)21-18(22)16-10-9-15(11-17(16)19(21)23)26-14-7-5-12(6-8-14)20(24)25/h3-11H,1H2,2H3,(H,24,25)/b13-4+. The summed E-state index contributed by atoms with van der Waals surface area (Å²) >= 11 is 0. The molecule has 3 rings (SSSR count). The Morgan fingerprint density at radius 1 is 1.04 bits per heavy atom. The first-order valence-corrected chi connectivity index (χ1v) is 7.79. The van der Waals surface area contributed by atoms with E-state index in [1.54, 1.807) is 19.1 Å². The molecule has 1 aliphatic heterocycles. The topological polar surface area (TPSA) is 83.9 Å². The first kappa shape index (κ1) is 17.2. The maximum absolute atomic E-state index is 12.6. The number of ether oxygens (including phenoxy) is 1. The van der Waals surface area contributed by atoms with Crippen molar-refractivity contribution in [3.8, 4) is 11.5 Å². The molecule has 130 valence electrons. The van der Waals surface area contributed by atoms with Crippen LogP contribution in [0.1, 0.15) is 38.0 Å². The summed E-state index contributed by atoms with van der Waals surface area (Å²) in [6, 6.07) is 10.5. The fourth-order valence-corrected chi connectivity index (χ4v) is 2.66. The van der Waals surface area contributed by atoms with E-state index in [1.807, 2.05) is 0 Å². The number of aromatic carboxylic acids is 1. The van der Waals surface area contributed by atoms with Crippen molar-refractivity contribution >= 4 is 17.8 Å². The van der Waals surface area contributed by atoms with Gasteiger partial charge >= 0.3 is 5.97 Å². The number of allylic oxidation sites excluding steroid dienone is 2. The number of carbonyl (C=O) groups is 3. The third-order valence-corrected chi connectivity index (χ3v) is 3.96. The van der Waals surface area contributed by atoms with Crippen molar-refractivity contribution in [1.29, 1.82) is 0 Å². The minimum Gasteiger partial charge on any atom is -0.478 e. The van der Waals surface area contributed by atoms with E-state index in [0.29, 0.717) is 22.8 Å². The number of imide groups is 1. The highest BCUT2D eigenvalue weighted by molar-refractivity contribution is 6.22. The zero-order chi connectivity index (χ0) is 18.8. The second kappa shape index (κ2) is 6.68. The predicted octanol–water partition coefficient (Wildman–Crippen LogP) is 3.86. The van der Waals surface area contributed by atoms with Crippen LogP contribution in [-0.2, 0) is 0 Å². The quantitative estimate of drug-likeness (QED) is 0.654. The lowest BCUT2D eigenvalue weighted by molar-refractivity contribution is 0.0688. The van der Waals surface area contributed by atoms with Crippen LogP contribution in [0.15, 0.2) is 66.9 Å². The van der Waals surface area contributed by atoms with E-state index in [9.17, 15) is 14.4 Å². The summed E-state index contributed by atoms with van der Waals surface area (Å²) in [5, 5.41) is 8.91. The van der Waals surface area contributed by atoms with E-state index in [4.69, 9.17) is 9.84 Å². The van der Waals surface area contributed by atoms with Crippen molar-refractivity contribution in [3.63, 3.8) is 0 Å². The van der Waals surface area contributed by atoms with Crippen LogP contribution in [0.25, 0.3) is 0 Å². The van der Waals surface area contributed by atoms with Crippen molar-refractivity contribution < 1.29 is 24.2 Å². The van der Waals surface area contributed by atoms with Crippen molar-refractivity contribution in [2.75, 3.05) is 0 Å². The number of hydrogen-bond donors (Lipinski definition) is 1. The van der Waals surface area contributed by atoms with Gasteiger partial charge in [0, 0.05) is 5.70 Å². The number of hydrogen-bond acceptors (Lipinski definition) is 4. The first-order chi connectivity index (χ1) is 12.5. The number of benzene rings is 2. The Hall–Kier alpha value is -3.67. The number of rotatable bonds is 5. The van der Waals surface area contributed by atoms with Crippen molar-refractivity contribution in [1.82, 2.24) is 4.90 Å². The third-order valence-electron chi connectivity index (χ3n) is 3.96. The molecule has 0 spiro atoms. The second-order valence-electron chi connectivity index (χ2n) is 5.50. The van der Waals surface area contributed by atoms with Gasteiger partial charge in [-0.15, -0.1) is 0 Å². The predicted molar refractivity (Wildman–Crippen MR) is 94.4 cm³/mol. The lowest BCUT2D eigenvalue weighted by Crippen LogP contribution is -2.28. The molecule has 0 aromatic heterocycles. The van der Waals surface area contributed by atoms with Gasteiger partial charge in [0.15, 0.2) is 0 Å². The maximum atomic E-state index is 12.6. The van der Waals surface area contributed by atoms with Gasteiger partial charge in [-0.05, 0) is 55.5 Å². The highest BCUT2D eigenvalue weighted by Crippen LogP contribution is 2.31. The summed E-state index contributed by atoms with van der Waals surface area (Å²) < 4.78 is 5.66. The molecule has 1 heterocycles. The Bertz CT molecular complexity index is 957. The Morgan fingerprint density at radius 2 is 1.65 bits per heavy atom. The minimum atomic E-state index is -1.03. The second-order valence-corrected chi connectivity index (χ2v) is 5.50. The molecule has 0 fully saturated rings. The zero-order valence-electron chi connectivity index (χ0n) is 13.9. The fourth-order valence-electron chi connectivity index (χ4n) is 2.66. The van der Waals surface area contributed by atoms with Gasteiger partial charge in [0.2, 0.25) is 0 Å². The summed E-state index contributed by atoms with van der Waals surface area (Å²) in [5.74, 6) is -1.08. The minimum absolute atomic E-state index is 0.144. The summed E-state index contributed by atoms with van der Waals surface area (Å²) in [5.41, 5.74) is 1.11. The molecule has 0 radical (unpaired) electrons. The summed E-state index contributed by atoms with van der Waals surface area (Å²) in [6.07, 6.45) is 3.08. The first-order valence-electron chi connectivity index (χ1n) is 7.79. The monoisotopic (exact) mass is 349 g/mol. The number of nitrogens with zero attached hydrogens (tertiary/aromatic N) is 1. The van der Waals surface area contributed by atoms with Crippen LogP contribution in [0.2, 0.25) is 0 Å². The Balaban J connectivity index is 1.89. The lowest BCUT2D eigenvalue weighted by atomic mass is 10.1. The van der Waals surface area contributed by atoms with Crippen LogP contribution in [0.3, 0.4) is 0 Å². The molecule has 6 heteroatoms. The average Bonchev–Trinajstić information content (AvgIpc) is 2.88. The van der Waals surface area contributed by atoms with E-state index in [1.165, 1.54) is 42.5 Å². The van der Waals surface area contributed by atoms with Crippen LogP contribution in [0.5, 0.6) is 11.5 Å². The number of carbonyl (C=O) groups excluding carboxylic acids is 2. The van der Waals surface area contributed by atoms with Gasteiger partial charge < -0.3 is 9.84 Å². The number of carboxylic acid groups (broad SMARTS) is 1. The molecule has 0 saturated carbocycles. The highest BCUT2D eigenvalue weighted by atomic mass is 16.5. The van der Waals surface area contributed by atoms with Crippen LogP contribution >= 0.6 is 0 Å². The van der Waals surface area contributed by atoms with Gasteiger partial charge in [-0.25, -0.2) is 9.69 Å². The van der Waals surface area contributed by atoms with Gasteiger partial charge in [-0.1, -0.05) is 12.7 Å². The van der Waals surface area contributed by atoms with Gasteiger partial charge in [0.1, 0.15) is 11.5 Å². The molecule has 0 bridgehead atoms. The molecule has 0 unspecified atom stereocenters. The largest absolute Gasteiger partial charge is 0.478 e. The molecule has 2 aromatic carbocycles. The van der Waals surface area contributed by atoms with Crippen molar-refractivity contribution in [2.45, 2.75) is 6.92 Å². The Kier molecular flexibility index (Phi) is 4.41. The van der Waals surface area contributed by atoms with Crippen molar-refractivity contribution in [2.24, 2.45) is 0 Å². The lowest BCUT2D eigenvalue weighted by Gasteiger charge is -2.13. The van der Waals surface area contributed by atoms with Crippen LogP contribution in [-0.4, -0.2) is 27.8 Å². The van der Waals surface area contributed by atoms with Crippen LogP contribution < -0.4 is 4.74 Å². The van der Waals surface area contributed by atoms with Crippen molar-refractivity contribution in [3.05, 3.63) is 83.6 Å². The van der Waals surface area contributed by atoms with Gasteiger partial charge in [0.25, 0.3) is 11.8 Å². The molecule has 0 atom stereocenters. The maximum Gasteiger partial charge on any atom is 0.335 e. The number of amides is 2. The fraction of sp³-hybridized carbons (Fsp3) is 0.0500. The zero-order valence-corrected chi connectivity index (χ0v) is 13.9. The molecular formula is C20H15NO5. The Labute approximate surface area is 149 Å². The van der Waals surface area contributed by atoms with Gasteiger partial charge in [0.05, 0.1) is 16.7 Å². The Morgan fingerprint density at radius 3 is 2.23 bits per heavy atom. The number of fused-ring (bicyclic) bond motifs is 1. The van der Waals surface area contributed by atoms with Crippen LogP contribution in [0.4, 0.5) is 0 Å². The van der Waals surface area contributed by atoms with Gasteiger partial charge in [-0.2, -0.15) is 0 Å². The van der Waals surface area contributed by atoms with E-state index in [-0.39, 0.29) is 11.1 Å². The van der Waals surface area contributed by atoms with Gasteiger partial charge in [-0.3, -0.25) is 9.59 Å². The molecule has 26 heavy (non-hydrogen) atoms. The molecule has 0 saturated heterocycles. The number of carboxylic acids is 1. The molecular weight excluding hydrogens is 334 g/mol. The average molecular weight is 349 g/mol.